The van der Waals surface area contributed by atoms with E-state index in [4.69, 9.17) is 0 Å². The zero-order valence-corrected chi connectivity index (χ0v) is 19.1. The first-order valence-electron chi connectivity index (χ1n) is 11.0. The van der Waals surface area contributed by atoms with Crippen LogP contribution in [0, 0.1) is 5.82 Å². The van der Waals surface area contributed by atoms with Crippen molar-refractivity contribution in [2.75, 3.05) is 28.6 Å². The third-order valence-electron chi connectivity index (χ3n) is 6.03. The molecule has 0 unspecified atom stereocenters. The Morgan fingerprint density at radius 3 is 2.44 bits per heavy atom. The molecule has 8 heteroatoms. The Labute approximate surface area is 200 Å². The number of thioether (sulfide) groups is 1. The third-order valence-corrected chi connectivity index (χ3v) is 7.42. The smallest absolute Gasteiger partial charge is 0.269 e. The van der Waals surface area contributed by atoms with E-state index in [1.807, 2.05) is 42.5 Å². The maximum atomic E-state index is 13.9. The number of anilines is 2. The molecule has 6 nitrogen and oxygen atoms in total. The maximum absolute atomic E-state index is 13.9. The van der Waals surface area contributed by atoms with Crippen LogP contribution in [0.5, 0.6) is 0 Å². The van der Waals surface area contributed by atoms with Gasteiger partial charge in [0.2, 0.25) is 16.7 Å². The monoisotopic (exact) mass is 475 g/mol. The van der Waals surface area contributed by atoms with Crippen molar-refractivity contribution in [2.24, 2.45) is 0 Å². The van der Waals surface area contributed by atoms with E-state index >= 15 is 0 Å². The maximum Gasteiger partial charge on any atom is 0.269 e. The predicted molar refractivity (Wildman–Crippen MR) is 130 cm³/mol. The zero-order valence-electron chi connectivity index (χ0n) is 18.2. The first-order valence-corrected chi connectivity index (χ1v) is 11.9. The summed E-state index contributed by atoms with van der Waals surface area (Å²) in [6.07, 6.45) is 0.684. The van der Waals surface area contributed by atoms with Gasteiger partial charge in [0.1, 0.15) is 12.4 Å². The second-order valence-electron chi connectivity index (χ2n) is 8.13. The van der Waals surface area contributed by atoms with Crippen LogP contribution < -0.4 is 15.1 Å². The fourth-order valence-electron chi connectivity index (χ4n) is 4.49. The molecule has 1 N–H and O–H groups in total. The number of fused-ring (bicyclic) bond motifs is 2. The van der Waals surface area contributed by atoms with Crippen molar-refractivity contribution in [1.29, 1.82) is 0 Å². The van der Waals surface area contributed by atoms with Crippen molar-refractivity contribution in [2.45, 2.75) is 11.3 Å². The average molecular weight is 476 g/mol. The highest BCUT2D eigenvalue weighted by Crippen LogP contribution is 2.55. The SMILES string of the molecule is O=C(CN1C(=O)[C@@]2(SCC(=O)N2c2ccc(F)cc2)c2ccccc21)NCCc1ccccc1. The third kappa shape index (κ3) is 3.74. The quantitative estimate of drug-likeness (QED) is 0.593. The van der Waals surface area contributed by atoms with Gasteiger partial charge in [-0.15, -0.1) is 11.8 Å². The van der Waals surface area contributed by atoms with E-state index < -0.39 is 10.7 Å². The Balaban J connectivity index is 1.40. The van der Waals surface area contributed by atoms with Crippen LogP contribution in [-0.4, -0.2) is 36.6 Å². The number of amides is 3. The van der Waals surface area contributed by atoms with Gasteiger partial charge in [-0.3, -0.25) is 24.2 Å². The number of hydrogen-bond acceptors (Lipinski definition) is 4. The number of nitrogens with one attached hydrogen (secondary N) is 1. The highest BCUT2D eigenvalue weighted by molar-refractivity contribution is 8.02. The molecule has 0 saturated carbocycles. The Bertz CT molecular complexity index is 1250. The topological polar surface area (TPSA) is 69.7 Å². The number of carbonyl (C=O) groups excluding carboxylic acids is 3. The van der Waals surface area contributed by atoms with Gasteiger partial charge in [-0.25, -0.2) is 4.39 Å². The van der Waals surface area contributed by atoms with Crippen molar-refractivity contribution in [3.63, 3.8) is 0 Å². The molecule has 3 aromatic rings. The van der Waals surface area contributed by atoms with E-state index in [0.717, 1.165) is 5.56 Å². The molecular weight excluding hydrogens is 453 g/mol. The molecule has 34 heavy (non-hydrogen) atoms. The van der Waals surface area contributed by atoms with Crippen LogP contribution in [0.3, 0.4) is 0 Å². The van der Waals surface area contributed by atoms with Crippen LogP contribution in [0.1, 0.15) is 11.1 Å². The van der Waals surface area contributed by atoms with Crippen LogP contribution in [0.4, 0.5) is 15.8 Å². The van der Waals surface area contributed by atoms with E-state index in [-0.39, 0.29) is 30.0 Å². The Hall–Kier alpha value is -3.65. The molecule has 3 aromatic carbocycles. The van der Waals surface area contributed by atoms with Gasteiger partial charge in [0, 0.05) is 17.8 Å². The summed E-state index contributed by atoms with van der Waals surface area (Å²) in [7, 11) is 0. The number of halogens is 1. The molecule has 1 spiro atoms. The minimum Gasteiger partial charge on any atom is -0.354 e. The number of para-hydroxylation sites is 1. The lowest BCUT2D eigenvalue weighted by Gasteiger charge is -2.33. The Kier molecular flexibility index (Phi) is 5.83. The van der Waals surface area contributed by atoms with E-state index in [2.05, 4.69) is 5.32 Å². The minimum atomic E-state index is -1.32. The van der Waals surface area contributed by atoms with Crippen LogP contribution in [-0.2, 0) is 25.7 Å². The van der Waals surface area contributed by atoms with Crippen molar-refractivity contribution in [1.82, 2.24) is 5.32 Å². The summed E-state index contributed by atoms with van der Waals surface area (Å²) in [5, 5.41) is 2.88. The first-order chi connectivity index (χ1) is 16.5. The Morgan fingerprint density at radius 1 is 0.971 bits per heavy atom. The van der Waals surface area contributed by atoms with Gasteiger partial charge >= 0.3 is 0 Å². The van der Waals surface area contributed by atoms with Gasteiger partial charge in [-0.1, -0.05) is 48.5 Å². The lowest BCUT2D eigenvalue weighted by Crippen LogP contribution is -2.51. The molecule has 0 bridgehead atoms. The minimum absolute atomic E-state index is 0.106. The standard InChI is InChI=1S/C26H22FN3O3S/c27-19-10-12-20(13-11-19)30-24(32)17-34-26(30)21-8-4-5-9-22(21)29(25(26)33)16-23(31)28-15-14-18-6-2-1-3-7-18/h1-13H,14-17H2,(H,28,31)/t26-/m0/s1. The fraction of sp³-hybridized carbons (Fsp3) is 0.192. The molecule has 1 fully saturated rings. The molecule has 1 atom stereocenters. The number of rotatable bonds is 6. The summed E-state index contributed by atoms with van der Waals surface area (Å²) in [6, 6.07) is 22.6. The molecule has 0 radical (unpaired) electrons. The van der Waals surface area contributed by atoms with Crippen LogP contribution >= 0.6 is 11.8 Å². The molecule has 5 rings (SSSR count). The first kappa shape index (κ1) is 22.2. The van der Waals surface area contributed by atoms with Crippen molar-refractivity contribution >= 4 is 40.9 Å². The van der Waals surface area contributed by atoms with Gasteiger partial charge in [0.15, 0.2) is 0 Å². The van der Waals surface area contributed by atoms with E-state index in [1.165, 1.54) is 45.8 Å². The van der Waals surface area contributed by atoms with Gasteiger partial charge in [0.25, 0.3) is 5.91 Å². The summed E-state index contributed by atoms with van der Waals surface area (Å²) in [5.74, 6) is -1.20. The lowest BCUT2D eigenvalue weighted by atomic mass is 10.0. The molecule has 3 amide bonds. The molecule has 0 aliphatic carbocycles. The summed E-state index contributed by atoms with van der Waals surface area (Å²) < 4.78 is 13.5. The Morgan fingerprint density at radius 2 is 1.68 bits per heavy atom. The van der Waals surface area contributed by atoms with Crippen LogP contribution in [0.15, 0.2) is 78.9 Å². The molecule has 2 aliphatic rings. The highest BCUT2D eigenvalue weighted by Gasteiger charge is 2.61. The number of nitrogens with zero attached hydrogens (tertiary/aromatic N) is 2. The average Bonchev–Trinajstić information content (AvgIpc) is 3.31. The van der Waals surface area contributed by atoms with Gasteiger partial charge in [0.05, 0.1) is 11.4 Å². The van der Waals surface area contributed by atoms with Crippen molar-refractivity contribution < 1.29 is 18.8 Å². The lowest BCUT2D eigenvalue weighted by molar-refractivity contribution is -0.125. The molecule has 172 valence electrons. The number of benzene rings is 3. The molecule has 1 saturated heterocycles. The van der Waals surface area contributed by atoms with E-state index in [1.54, 1.807) is 12.1 Å². The van der Waals surface area contributed by atoms with Crippen molar-refractivity contribution in [3.8, 4) is 0 Å². The molecule has 2 heterocycles. The number of carbonyl (C=O) groups is 3. The molecule has 0 aromatic heterocycles. The van der Waals surface area contributed by atoms with E-state index in [0.29, 0.717) is 29.9 Å². The van der Waals surface area contributed by atoms with Crippen LogP contribution in [0.2, 0.25) is 0 Å². The van der Waals surface area contributed by atoms with Crippen LogP contribution in [0.25, 0.3) is 0 Å². The molecule has 2 aliphatic heterocycles. The zero-order chi connectivity index (χ0) is 23.7. The van der Waals surface area contributed by atoms with Gasteiger partial charge in [-0.2, -0.15) is 0 Å². The van der Waals surface area contributed by atoms with Crippen molar-refractivity contribution in [3.05, 3.63) is 95.8 Å². The number of hydrogen-bond donors (Lipinski definition) is 1. The molecular formula is C26H22FN3O3S. The van der Waals surface area contributed by atoms with Gasteiger partial charge < -0.3 is 5.32 Å². The van der Waals surface area contributed by atoms with Gasteiger partial charge in [-0.05, 0) is 42.3 Å². The predicted octanol–water partition coefficient (Wildman–Crippen LogP) is 3.46. The fourth-order valence-corrected chi connectivity index (χ4v) is 5.85. The largest absolute Gasteiger partial charge is 0.354 e. The second kappa shape index (κ2) is 8.95. The highest BCUT2D eigenvalue weighted by atomic mass is 32.2. The van der Waals surface area contributed by atoms with E-state index in [9.17, 15) is 18.8 Å². The summed E-state index contributed by atoms with van der Waals surface area (Å²) in [6.45, 7) is 0.297. The summed E-state index contributed by atoms with van der Waals surface area (Å²) in [5.41, 5.74) is 2.80. The normalized spacial score (nSPS) is 19.1. The second-order valence-corrected chi connectivity index (χ2v) is 9.30. The summed E-state index contributed by atoms with van der Waals surface area (Å²) in [4.78, 5) is 41.1. The summed E-state index contributed by atoms with van der Waals surface area (Å²) >= 11 is 1.22.